The van der Waals surface area contributed by atoms with Gasteiger partial charge in [0.05, 0.1) is 0 Å². The molecule has 0 saturated carbocycles. The molecule has 1 aliphatic rings. The Labute approximate surface area is 87.7 Å². The normalized spacial score (nSPS) is 30.8. The highest BCUT2D eigenvalue weighted by atomic mass is 16.1. The van der Waals surface area contributed by atoms with Gasteiger partial charge in [-0.25, -0.2) is 0 Å². The van der Waals surface area contributed by atoms with E-state index in [1.165, 1.54) is 0 Å². The smallest absolute Gasteiger partial charge is 0.138 e. The monoisotopic (exact) mass is 197 g/mol. The highest BCUT2D eigenvalue weighted by molar-refractivity contribution is 5.82. The Kier molecular flexibility index (Phi) is 3.36. The third-order valence-corrected chi connectivity index (χ3v) is 3.13. The second-order valence-electron chi connectivity index (χ2n) is 5.78. The van der Waals surface area contributed by atoms with E-state index in [4.69, 9.17) is 0 Å². The first-order chi connectivity index (χ1) is 6.31. The zero-order valence-corrected chi connectivity index (χ0v) is 10.1. The quantitative estimate of drug-likeness (QED) is 0.643. The van der Waals surface area contributed by atoms with Crippen LogP contribution >= 0.6 is 0 Å². The van der Waals surface area contributed by atoms with E-state index in [1.807, 2.05) is 0 Å². The minimum Gasteiger partial charge on any atom is -0.299 e. The number of carbonyl (C=O) groups excluding carboxylic acids is 1. The van der Waals surface area contributed by atoms with Gasteiger partial charge in [0.15, 0.2) is 0 Å². The number of hydrogen-bond acceptors (Lipinski definition) is 2. The van der Waals surface area contributed by atoms with E-state index in [0.29, 0.717) is 17.2 Å². The number of Topliss-reactive ketones (excluding diaryl/α,β-unsaturated/α-hetero) is 1. The summed E-state index contributed by atoms with van der Waals surface area (Å²) in [6, 6.07) is 0.412. The highest BCUT2D eigenvalue weighted by Gasteiger charge is 2.32. The fourth-order valence-electron chi connectivity index (χ4n) is 2.10. The Bertz CT molecular complexity index is 217. The lowest BCUT2D eigenvalue weighted by Crippen LogP contribution is -2.49. The van der Waals surface area contributed by atoms with Crippen LogP contribution in [0.3, 0.4) is 0 Å². The average Bonchev–Trinajstić information content (AvgIpc) is 2.04. The van der Waals surface area contributed by atoms with Crippen molar-refractivity contribution >= 4 is 5.78 Å². The van der Waals surface area contributed by atoms with Crippen molar-refractivity contribution < 1.29 is 4.79 Å². The minimum absolute atomic E-state index is 0.214. The van der Waals surface area contributed by atoms with Crippen molar-refractivity contribution in [3.05, 3.63) is 0 Å². The standard InChI is InChI=1S/C12H23NO/c1-9-10(2)13(7-6-11(9)14)8-12(3,4)5/h9-10H,6-8H2,1-5H3. The van der Waals surface area contributed by atoms with Crippen molar-refractivity contribution in [2.24, 2.45) is 11.3 Å². The Hall–Kier alpha value is -0.370. The molecule has 0 aromatic heterocycles. The maximum absolute atomic E-state index is 11.5. The lowest BCUT2D eigenvalue weighted by Gasteiger charge is -2.40. The summed E-state index contributed by atoms with van der Waals surface area (Å²) in [5.74, 6) is 0.647. The van der Waals surface area contributed by atoms with E-state index in [1.54, 1.807) is 0 Å². The molecule has 0 bridgehead atoms. The summed E-state index contributed by atoms with van der Waals surface area (Å²) in [4.78, 5) is 13.9. The number of carbonyl (C=O) groups is 1. The zero-order chi connectivity index (χ0) is 10.9. The number of ketones is 1. The number of likely N-dealkylation sites (tertiary alicyclic amines) is 1. The van der Waals surface area contributed by atoms with Crippen molar-refractivity contribution in [3.63, 3.8) is 0 Å². The molecule has 2 heteroatoms. The molecule has 1 saturated heterocycles. The second kappa shape index (κ2) is 4.01. The van der Waals surface area contributed by atoms with Gasteiger partial charge in [-0.2, -0.15) is 0 Å². The van der Waals surface area contributed by atoms with E-state index < -0.39 is 0 Å². The molecule has 0 aromatic carbocycles. The predicted molar refractivity (Wildman–Crippen MR) is 59.3 cm³/mol. The third-order valence-electron chi connectivity index (χ3n) is 3.13. The second-order valence-corrected chi connectivity index (χ2v) is 5.78. The van der Waals surface area contributed by atoms with Gasteiger partial charge in [0.1, 0.15) is 5.78 Å². The Morgan fingerprint density at radius 3 is 2.43 bits per heavy atom. The van der Waals surface area contributed by atoms with Gasteiger partial charge in [-0.3, -0.25) is 9.69 Å². The van der Waals surface area contributed by atoms with E-state index >= 15 is 0 Å². The maximum atomic E-state index is 11.5. The molecule has 14 heavy (non-hydrogen) atoms. The molecule has 2 atom stereocenters. The van der Waals surface area contributed by atoms with Crippen LogP contribution in [-0.4, -0.2) is 29.8 Å². The topological polar surface area (TPSA) is 20.3 Å². The molecule has 0 aliphatic carbocycles. The van der Waals surface area contributed by atoms with Crippen molar-refractivity contribution in [3.8, 4) is 0 Å². The lowest BCUT2D eigenvalue weighted by molar-refractivity contribution is -0.128. The van der Waals surface area contributed by atoms with Gasteiger partial charge in [-0.1, -0.05) is 27.7 Å². The van der Waals surface area contributed by atoms with E-state index in [2.05, 4.69) is 39.5 Å². The van der Waals surface area contributed by atoms with Crippen molar-refractivity contribution in [1.29, 1.82) is 0 Å². The molecular weight excluding hydrogens is 174 g/mol. The van der Waals surface area contributed by atoms with E-state index in [9.17, 15) is 4.79 Å². The molecule has 0 spiro atoms. The first-order valence-corrected chi connectivity index (χ1v) is 5.58. The third kappa shape index (κ3) is 2.81. The number of nitrogens with zero attached hydrogens (tertiary/aromatic N) is 1. The van der Waals surface area contributed by atoms with Gasteiger partial charge in [-0.05, 0) is 12.3 Å². The molecule has 2 unspecified atom stereocenters. The molecule has 1 heterocycles. The van der Waals surface area contributed by atoms with Crippen LogP contribution in [0.5, 0.6) is 0 Å². The van der Waals surface area contributed by atoms with Gasteiger partial charge in [0.2, 0.25) is 0 Å². The summed E-state index contributed by atoms with van der Waals surface area (Å²) in [6.07, 6.45) is 0.738. The van der Waals surface area contributed by atoms with Gasteiger partial charge in [-0.15, -0.1) is 0 Å². The number of piperidine rings is 1. The fraction of sp³-hybridized carbons (Fsp3) is 0.917. The number of hydrogen-bond donors (Lipinski definition) is 0. The Balaban J connectivity index is 2.60. The van der Waals surface area contributed by atoms with Gasteiger partial charge in [0, 0.05) is 31.5 Å². The minimum atomic E-state index is 0.214. The van der Waals surface area contributed by atoms with Crippen LogP contribution in [0.2, 0.25) is 0 Å². The van der Waals surface area contributed by atoms with Crippen molar-refractivity contribution in [1.82, 2.24) is 4.90 Å². The zero-order valence-electron chi connectivity index (χ0n) is 10.1. The first kappa shape index (κ1) is 11.7. The van der Waals surface area contributed by atoms with E-state index in [0.717, 1.165) is 19.5 Å². The molecule has 0 N–H and O–H groups in total. The molecule has 2 nitrogen and oxygen atoms in total. The van der Waals surface area contributed by atoms with Crippen LogP contribution in [-0.2, 0) is 4.79 Å². The van der Waals surface area contributed by atoms with Gasteiger partial charge < -0.3 is 0 Å². The Morgan fingerprint density at radius 1 is 1.36 bits per heavy atom. The summed E-state index contributed by atoms with van der Waals surface area (Å²) in [5.41, 5.74) is 0.328. The van der Waals surface area contributed by atoms with Crippen molar-refractivity contribution in [2.75, 3.05) is 13.1 Å². The summed E-state index contributed by atoms with van der Waals surface area (Å²) >= 11 is 0. The fourth-order valence-corrected chi connectivity index (χ4v) is 2.10. The highest BCUT2D eigenvalue weighted by Crippen LogP contribution is 2.24. The lowest BCUT2D eigenvalue weighted by atomic mass is 9.87. The molecule has 1 aliphatic heterocycles. The maximum Gasteiger partial charge on any atom is 0.138 e. The summed E-state index contributed by atoms with van der Waals surface area (Å²) in [7, 11) is 0. The molecule has 1 fully saturated rings. The largest absolute Gasteiger partial charge is 0.299 e. The molecule has 0 amide bonds. The Morgan fingerprint density at radius 2 is 1.93 bits per heavy atom. The predicted octanol–water partition coefficient (Wildman–Crippen LogP) is 2.33. The summed E-state index contributed by atoms with van der Waals surface area (Å²) in [5, 5.41) is 0. The molecule has 0 radical (unpaired) electrons. The van der Waals surface area contributed by atoms with Crippen LogP contribution in [0.1, 0.15) is 41.0 Å². The van der Waals surface area contributed by atoms with E-state index in [-0.39, 0.29) is 5.92 Å². The molecular formula is C12H23NO. The summed E-state index contributed by atoms with van der Waals surface area (Å²) in [6.45, 7) is 13.0. The van der Waals surface area contributed by atoms with Crippen LogP contribution < -0.4 is 0 Å². The van der Waals surface area contributed by atoms with Crippen LogP contribution in [0, 0.1) is 11.3 Å². The SMILES string of the molecule is CC1C(=O)CCN(CC(C)(C)C)C1C. The molecule has 1 rings (SSSR count). The summed E-state index contributed by atoms with van der Waals surface area (Å²) < 4.78 is 0. The average molecular weight is 197 g/mol. The van der Waals surface area contributed by atoms with Crippen LogP contribution in [0.15, 0.2) is 0 Å². The molecule has 0 aromatic rings. The van der Waals surface area contributed by atoms with Crippen LogP contribution in [0.4, 0.5) is 0 Å². The van der Waals surface area contributed by atoms with Crippen molar-refractivity contribution in [2.45, 2.75) is 47.1 Å². The van der Waals surface area contributed by atoms with Gasteiger partial charge in [0.25, 0.3) is 0 Å². The molecule has 82 valence electrons. The van der Waals surface area contributed by atoms with Gasteiger partial charge >= 0.3 is 0 Å². The first-order valence-electron chi connectivity index (χ1n) is 5.58. The van der Waals surface area contributed by atoms with Crippen LogP contribution in [0.25, 0.3) is 0 Å². The number of rotatable bonds is 1.